The zero-order valence-corrected chi connectivity index (χ0v) is 8.54. The maximum atomic E-state index is 5.45. The minimum absolute atomic E-state index is 0.419. The van der Waals surface area contributed by atoms with Gasteiger partial charge in [-0.25, -0.2) is 9.97 Å². The topological polar surface area (TPSA) is 51.8 Å². The molecule has 0 aliphatic rings. The van der Waals surface area contributed by atoms with Crippen molar-refractivity contribution >= 4 is 0 Å². The molecule has 0 aromatic carbocycles. The third kappa shape index (κ3) is 2.77. The van der Waals surface area contributed by atoms with Crippen LogP contribution in [-0.4, -0.2) is 9.97 Å². The Bertz CT molecular complexity index is 281. The van der Waals surface area contributed by atoms with Crippen molar-refractivity contribution in [3.05, 3.63) is 23.3 Å². The fourth-order valence-electron chi connectivity index (χ4n) is 1.28. The van der Waals surface area contributed by atoms with Crippen LogP contribution < -0.4 is 5.73 Å². The summed E-state index contributed by atoms with van der Waals surface area (Å²) >= 11 is 0. The highest BCUT2D eigenvalue weighted by Gasteiger charge is 2.04. The zero-order valence-electron chi connectivity index (χ0n) is 8.54. The summed E-state index contributed by atoms with van der Waals surface area (Å²) in [5.74, 6) is 1.37. The Kier molecular flexibility index (Phi) is 3.37. The van der Waals surface area contributed by atoms with Gasteiger partial charge in [-0.3, -0.25) is 0 Å². The molecule has 0 spiro atoms. The van der Waals surface area contributed by atoms with Gasteiger partial charge >= 0.3 is 0 Å². The Balaban J connectivity index is 2.85. The predicted octanol–water partition coefficient (Wildman–Crippen LogP) is 1.44. The molecule has 0 aliphatic carbocycles. The molecule has 0 bridgehead atoms. The van der Waals surface area contributed by atoms with Gasteiger partial charge < -0.3 is 5.73 Å². The summed E-state index contributed by atoms with van der Waals surface area (Å²) in [6.07, 6.45) is 2.93. The zero-order chi connectivity index (χ0) is 9.84. The highest BCUT2D eigenvalue weighted by atomic mass is 14.9. The van der Waals surface area contributed by atoms with Crippen molar-refractivity contribution in [2.24, 2.45) is 11.7 Å². The SMILES string of the molecule is Cc1nc(CN)ncc1CC(C)C. The minimum atomic E-state index is 0.419. The van der Waals surface area contributed by atoms with Crippen molar-refractivity contribution in [2.45, 2.75) is 33.7 Å². The van der Waals surface area contributed by atoms with Gasteiger partial charge in [-0.2, -0.15) is 0 Å². The van der Waals surface area contributed by atoms with Gasteiger partial charge in [0.05, 0.1) is 6.54 Å². The van der Waals surface area contributed by atoms with Gasteiger partial charge in [0.25, 0.3) is 0 Å². The van der Waals surface area contributed by atoms with Crippen LogP contribution in [0.4, 0.5) is 0 Å². The van der Waals surface area contributed by atoms with Crippen LogP contribution >= 0.6 is 0 Å². The second-order valence-corrected chi connectivity index (χ2v) is 3.70. The Morgan fingerprint density at radius 2 is 2.15 bits per heavy atom. The van der Waals surface area contributed by atoms with Crippen LogP contribution in [0.2, 0.25) is 0 Å². The van der Waals surface area contributed by atoms with Crippen LogP contribution in [0.25, 0.3) is 0 Å². The van der Waals surface area contributed by atoms with Crippen LogP contribution in [0.5, 0.6) is 0 Å². The van der Waals surface area contributed by atoms with E-state index in [4.69, 9.17) is 5.73 Å². The highest BCUT2D eigenvalue weighted by Crippen LogP contribution is 2.10. The van der Waals surface area contributed by atoms with Gasteiger partial charge in [0.2, 0.25) is 0 Å². The molecule has 3 heteroatoms. The third-order valence-corrected chi connectivity index (χ3v) is 1.94. The van der Waals surface area contributed by atoms with E-state index >= 15 is 0 Å². The highest BCUT2D eigenvalue weighted by molar-refractivity contribution is 5.16. The largest absolute Gasteiger partial charge is 0.324 e. The molecule has 13 heavy (non-hydrogen) atoms. The molecule has 1 heterocycles. The fourth-order valence-corrected chi connectivity index (χ4v) is 1.28. The molecule has 0 atom stereocenters. The quantitative estimate of drug-likeness (QED) is 0.764. The van der Waals surface area contributed by atoms with Crippen molar-refractivity contribution in [1.82, 2.24) is 9.97 Å². The number of nitrogens with zero attached hydrogens (tertiary/aromatic N) is 2. The Hall–Kier alpha value is -0.960. The monoisotopic (exact) mass is 179 g/mol. The van der Waals surface area contributed by atoms with E-state index in [0.717, 1.165) is 17.9 Å². The van der Waals surface area contributed by atoms with Crippen molar-refractivity contribution < 1.29 is 0 Å². The van der Waals surface area contributed by atoms with Gasteiger partial charge in [-0.1, -0.05) is 13.8 Å². The van der Waals surface area contributed by atoms with Crippen molar-refractivity contribution in [3.8, 4) is 0 Å². The lowest BCUT2D eigenvalue weighted by Crippen LogP contribution is -2.07. The van der Waals surface area contributed by atoms with Gasteiger partial charge in [0.1, 0.15) is 5.82 Å². The average molecular weight is 179 g/mol. The fraction of sp³-hybridized carbons (Fsp3) is 0.600. The first kappa shape index (κ1) is 10.1. The lowest BCUT2D eigenvalue weighted by atomic mass is 10.0. The summed E-state index contributed by atoms with van der Waals surface area (Å²) in [7, 11) is 0. The van der Waals surface area contributed by atoms with E-state index in [1.54, 1.807) is 0 Å². The average Bonchev–Trinajstić information content (AvgIpc) is 2.08. The lowest BCUT2D eigenvalue weighted by molar-refractivity contribution is 0.638. The maximum absolute atomic E-state index is 5.45. The van der Waals surface area contributed by atoms with Crippen LogP contribution in [-0.2, 0) is 13.0 Å². The van der Waals surface area contributed by atoms with E-state index in [1.807, 2.05) is 13.1 Å². The second kappa shape index (κ2) is 4.33. The lowest BCUT2D eigenvalue weighted by Gasteiger charge is -2.07. The van der Waals surface area contributed by atoms with E-state index in [2.05, 4.69) is 23.8 Å². The van der Waals surface area contributed by atoms with Crippen LogP contribution in [0, 0.1) is 12.8 Å². The number of rotatable bonds is 3. The number of hydrogen-bond donors (Lipinski definition) is 1. The molecule has 0 aliphatic heterocycles. The van der Waals surface area contributed by atoms with E-state index in [-0.39, 0.29) is 0 Å². The Labute approximate surface area is 79.4 Å². The predicted molar refractivity (Wildman–Crippen MR) is 53.2 cm³/mol. The van der Waals surface area contributed by atoms with E-state index in [0.29, 0.717) is 12.5 Å². The minimum Gasteiger partial charge on any atom is -0.324 e. The number of hydrogen-bond acceptors (Lipinski definition) is 3. The van der Waals surface area contributed by atoms with Gasteiger partial charge in [0, 0.05) is 11.9 Å². The molecule has 1 rings (SSSR count). The molecule has 0 radical (unpaired) electrons. The summed E-state index contributed by atoms with van der Waals surface area (Å²) in [6.45, 7) is 6.81. The molecule has 0 unspecified atom stereocenters. The molecular formula is C10H17N3. The molecule has 0 saturated carbocycles. The summed E-state index contributed by atoms with van der Waals surface area (Å²) in [6, 6.07) is 0. The molecule has 2 N–H and O–H groups in total. The summed E-state index contributed by atoms with van der Waals surface area (Å²) < 4.78 is 0. The molecule has 1 aromatic heterocycles. The van der Waals surface area contributed by atoms with Crippen LogP contribution in [0.1, 0.15) is 30.9 Å². The molecule has 1 aromatic rings. The molecule has 0 saturated heterocycles. The van der Waals surface area contributed by atoms with Crippen LogP contribution in [0.3, 0.4) is 0 Å². The van der Waals surface area contributed by atoms with Gasteiger partial charge in [0.15, 0.2) is 0 Å². The number of aryl methyl sites for hydroxylation is 1. The van der Waals surface area contributed by atoms with Gasteiger partial charge in [-0.15, -0.1) is 0 Å². The normalized spacial score (nSPS) is 10.8. The number of nitrogens with two attached hydrogens (primary N) is 1. The molecule has 0 fully saturated rings. The molecule has 72 valence electrons. The first-order valence-electron chi connectivity index (χ1n) is 4.65. The first-order valence-corrected chi connectivity index (χ1v) is 4.65. The van der Waals surface area contributed by atoms with E-state index in [9.17, 15) is 0 Å². The van der Waals surface area contributed by atoms with Crippen LogP contribution in [0.15, 0.2) is 6.20 Å². The summed E-state index contributed by atoms with van der Waals surface area (Å²) in [5, 5.41) is 0. The molecular weight excluding hydrogens is 162 g/mol. The Morgan fingerprint density at radius 1 is 1.46 bits per heavy atom. The Morgan fingerprint density at radius 3 is 2.62 bits per heavy atom. The van der Waals surface area contributed by atoms with Crippen molar-refractivity contribution in [2.75, 3.05) is 0 Å². The first-order chi connectivity index (χ1) is 6.13. The van der Waals surface area contributed by atoms with Crippen molar-refractivity contribution in [1.29, 1.82) is 0 Å². The number of aromatic nitrogens is 2. The van der Waals surface area contributed by atoms with Crippen molar-refractivity contribution in [3.63, 3.8) is 0 Å². The van der Waals surface area contributed by atoms with E-state index in [1.165, 1.54) is 5.56 Å². The smallest absolute Gasteiger partial charge is 0.142 e. The maximum Gasteiger partial charge on any atom is 0.142 e. The molecule has 0 amide bonds. The second-order valence-electron chi connectivity index (χ2n) is 3.70. The third-order valence-electron chi connectivity index (χ3n) is 1.94. The van der Waals surface area contributed by atoms with E-state index < -0.39 is 0 Å². The summed E-state index contributed by atoms with van der Waals surface area (Å²) in [5.41, 5.74) is 7.73. The van der Waals surface area contributed by atoms with Gasteiger partial charge in [-0.05, 0) is 24.8 Å². The summed E-state index contributed by atoms with van der Waals surface area (Å²) in [4.78, 5) is 8.48. The molecule has 3 nitrogen and oxygen atoms in total. The standard InChI is InChI=1S/C10H17N3/c1-7(2)4-9-6-12-10(5-11)13-8(9)3/h6-7H,4-5,11H2,1-3H3.